The molecule has 1 aliphatic rings. The molecule has 350 valence electrons. The monoisotopic (exact) mass is 908 g/mol. The minimum Gasteiger partial charge on any atom is -0.449 e. The Hall–Kier alpha value is -7.50. The van der Waals surface area contributed by atoms with Gasteiger partial charge < -0.3 is 45.5 Å². The Bertz CT molecular complexity index is 2320. The van der Waals surface area contributed by atoms with Gasteiger partial charge in [0.25, 0.3) is 5.69 Å². The Morgan fingerprint density at radius 2 is 1.33 bits per heavy atom. The van der Waals surface area contributed by atoms with Crippen molar-refractivity contribution in [3.63, 3.8) is 0 Å². The fraction of sp³-hybridized carbons (Fsp3) is 0.375. The summed E-state index contributed by atoms with van der Waals surface area (Å²) in [6.07, 6.45) is -1.41. The fourth-order valence-electron chi connectivity index (χ4n) is 7.03. The van der Waals surface area contributed by atoms with Crippen LogP contribution in [-0.4, -0.2) is 77.9 Å². The van der Waals surface area contributed by atoms with Crippen LogP contribution in [0.15, 0.2) is 97.1 Å². The highest BCUT2D eigenvalue weighted by Gasteiger charge is 2.32. The molecule has 0 radical (unpaired) electrons. The van der Waals surface area contributed by atoms with Gasteiger partial charge in [-0.25, -0.2) is 14.4 Å². The third-order valence-electron chi connectivity index (χ3n) is 10.4. The standard InChI is InChI=1S/C48H56N6O12/c1-29(2)41(44(57)50-30(3)42(55)51-32-20-18-31(19-21-32)27-64-47(60)65-34-24-22-33(23-25-34)54(61)62)53-43(56)40(17-11-12-26-49-45(58)66-48(4,5)6)52-46(59)63-28-39-37-15-9-7-13-35(37)36-14-8-10-16-38(36)39/h7-10,13-16,18-25,29-30,39-41H,11-12,17,26-28H2,1-6H3,(H,49,58)(H,50,57)(H,51,55)(H,52,59)(H,53,56)/t30-,40-,41+/m0/s1. The quantitative estimate of drug-likeness (QED) is 0.0153. The van der Waals surface area contributed by atoms with E-state index in [9.17, 15) is 38.9 Å². The van der Waals surface area contributed by atoms with Crippen LogP contribution in [0.1, 0.15) is 83.4 Å². The van der Waals surface area contributed by atoms with Gasteiger partial charge in [-0.1, -0.05) is 74.5 Å². The first-order valence-corrected chi connectivity index (χ1v) is 21.6. The van der Waals surface area contributed by atoms with Crippen molar-refractivity contribution in [3.8, 4) is 16.9 Å². The first-order valence-electron chi connectivity index (χ1n) is 21.6. The van der Waals surface area contributed by atoms with Crippen molar-refractivity contribution in [2.45, 2.75) is 97.1 Å². The Morgan fingerprint density at radius 3 is 1.92 bits per heavy atom. The number of fused-ring (bicyclic) bond motifs is 3. The summed E-state index contributed by atoms with van der Waals surface area (Å²) in [5.74, 6) is -2.40. The number of carbonyl (C=O) groups excluding carboxylic acids is 6. The van der Waals surface area contributed by atoms with Crippen molar-refractivity contribution in [2.24, 2.45) is 5.92 Å². The number of anilines is 1. The van der Waals surface area contributed by atoms with Gasteiger partial charge in [-0.2, -0.15) is 0 Å². The molecule has 4 aromatic carbocycles. The number of nitrogens with zero attached hydrogens (tertiary/aromatic N) is 1. The van der Waals surface area contributed by atoms with Crippen LogP contribution in [0.4, 0.5) is 25.8 Å². The van der Waals surface area contributed by atoms with Gasteiger partial charge in [-0.3, -0.25) is 24.5 Å². The number of hydrogen-bond donors (Lipinski definition) is 5. The fourth-order valence-corrected chi connectivity index (χ4v) is 7.03. The SMILES string of the molecule is CC(C)[C@@H](NC(=O)[C@H](CCCCNC(=O)OC(C)(C)C)NC(=O)OCC1c2ccccc2-c2ccccc21)C(=O)N[C@@H](C)C(=O)Nc1ccc(COC(=O)Oc2ccc([N+](=O)[O-])cc2)cc1. The van der Waals surface area contributed by atoms with Crippen LogP contribution in [0.25, 0.3) is 11.1 Å². The second-order valence-corrected chi connectivity index (χ2v) is 17.0. The summed E-state index contributed by atoms with van der Waals surface area (Å²) in [5, 5.41) is 24.3. The number of alkyl carbamates (subject to hydrolysis) is 2. The molecule has 0 aromatic heterocycles. The van der Waals surface area contributed by atoms with Crippen LogP contribution in [0.2, 0.25) is 0 Å². The minimum atomic E-state index is -1.12. The number of nitro benzene ring substituents is 1. The molecule has 5 rings (SSSR count). The van der Waals surface area contributed by atoms with Crippen LogP contribution in [0.5, 0.6) is 5.75 Å². The largest absolute Gasteiger partial charge is 0.514 e. The van der Waals surface area contributed by atoms with Gasteiger partial charge in [0, 0.05) is 30.3 Å². The molecule has 4 aromatic rings. The van der Waals surface area contributed by atoms with Crippen LogP contribution < -0.4 is 31.3 Å². The van der Waals surface area contributed by atoms with E-state index >= 15 is 0 Å². The Kier molecular flexibility index (Phi) is 17.2. The maximum atomic E-state index is 13.9. The van der Waals surface area contributed by atoms with Crippen molar-refractivity contribution < 1.29 is 52.6 Å². The van der Waals surface area contributed by atoms with Crippen molar-refractivity contribution in [1.29, 1.82) is 0 Å². The van der Waals surface area contributed by atoms with Crippen molar-refractivity contribution in [3.05, 3.63) is 124 Å². The second-order valence-electron chi connectivity index (χ2n) is 17.0. The van der Waals surface area contributed by atoms with E-state index in [0.717, 1.165) is 22.3 Å². The summed E-state index contributed by atoms with van der Waals surface area (Å²) in [6, 6.07) is 23.8. The van der Waals surface area contributed by atoms with Crippen molar-refractivity contribution in [1.82, 2.24) is 21.3 Å². The first kappa shape index (κ1) is 49.5. The van der Waals surface area contributed by atoms with E-state index in [1.165, 1.54) is 31.2 Å². The Morgan fingerprint density at radius 1 is 0.712 bits per heavy atom. The van der Waals surface area contributed by atoms with Crippen LogP contribution in [0.3, 0.4) is 0 Å². The molecule has 66 heavy (non-hydrogen) atoms. The molecule has 1 aliphatic carbocycles. The predicted molar refractivity (Wildman–Crippen MR) is 243 cm³/mol. The smallest absolute Gasteiger partial charge is 0.449 e. The Balaban J connectivity index is 1.14. The molecule has 0 spiro atoms. The van der Waals surface area contributed by atoms with Gasteiger partial charge in [0.15, 0.2) is 0 Å². The molecule has 0 bridgehead atoms. The lowest BCUT2D eigenvalue weighted by Gasteiger charge is -2.26. The lowest BCUT2D eigenvalue weighted by atomic mass is 9.98. The summed E-state index contributed by atoms with van der Waals surface area (Å²) >= 11 is 0. The van der Waals surface area contributed by atoms with Crippen molar-refractivity contribution in [2.75, 3.05) is 18.5 Å². The molecule has 5 amide bonds. The number of non-ortho nitro benzene ring substituents is 1. The van der Waals surface area contributed by atoms with Gasteiger partial charge >= 0.3 is 18.3 Å². The highest BCUT2D eigenvalue weighted by Crippen LogP contribution is 2.44. The molecular weight excluding hydrogens is 853 g/mol. The van der Waals surface area contributed by atoms with Gasteiger partial charge in [-0.05, 0) is 105 Å². The number of nitro groups is 1. The zero-order valence-electron chi connectivity index (χ0n) is 37.7. The third kappa shape index (κ3) is 14.5. The number of ether oxygens (including phenoxy) is 4. The van der Waals surface area contributed by atoms with Crippen LogP contribution in [-0.2, 0) is 35.2 Å². The number of benzene rings is 4. The number of amides is 5. The maximum Gasteiger partial charge on any atom is 0.514 e. The van der Waals surface area contributed by atoms with E-state index in [1.54, 1.807) is 58.9 Å². The maximum absolute atomic E-state index is 13.9. The summed E-state index contributed by atoms with van der Waals surface area (Å²) in [5.41, 5.74) is 4.29. The summed E-state index contributed by atoms with van der Waals surface area (Å²) in [7, 11) is 0. The average Bonchev–Trinajstić information content (AvgIpc) is 3.59. The molecule has 0 aliphatic heterocycles. The Labute approximate surface area is 382 Å². The molecule has 3 atom stereocenters. The van der Waals surface area contributed by atoms with Gasteiger partial charge in [-0.15, -0.1) is 0 Å². The van der Waals surface area contributed by atoms with E-state index in [4.69, 9.17) is 18.9 Å². The number of unbranched alkanes of at least 4 members (excludes halogenated alkanes) is 1. The first-order chi connectivity index (χ1) is 31.4. The van der Waals surface area contributed by atoms with Gasteiger partial charge in [0.1, 0.15) is 42.7 Å². The van der Waals surface area contributed by atoms with E-state index in [2.05, 4.69) is 26.6 Å². The highest BCUT2D eigenvalue weighted by molar-refractivity contribution is 5.98. The molecule has 0 unspecified atom stereocenters. The lowest BCUT2D eigenvalue weighted by Crippen LogP contribution is -2.57. The molecular formula is C48H56N6O12. The zero-order valence-corrected chi connectivity index (χ0v) is 37.7. The summed E-state index contributed by atoms with van der Waals surface area (Å²) in [4.78, 5) is 88.6. The lowest BCUT2D eigenvalue weighted by molar-refractivity contribution is -0.384. The zero-order chi connectivity index (χ0) is 48.0. The molecule has 0 fully saturated rings. The van der Waals surface area contributed by atoms with E-state index in [-0.39, 0.29) is 43.5 Å². The molecule has 18 nitrogen and oxygen atoms in total. The second kappa shape index (κ2) is 22.9. The van der Waals surface area contributed by atoms with Gasteiger partial charge in [0.05, 0.1) is 4.92 Å². The molecule has 0 saturated carbocycles. The number of carbonyl (C=O) groups is 6. The topological polar surface area (TPSA) is 243 Å². The third-order valence-corrected chi connectivity index (χ3v) is 10.4. The van der Waals surface area contributed by atoms with Crippen LogP contribution in [0, 0.1) is 16.0 Å². The molecule has 5 N–H and O–H groups in total. The summed E-state index contributed by atoms with van der Waals surface area (Å²) < 4.78 is 21.2. The predicted octanol–water partition coefficient (Wildman–Crippen LogP) is 7.50. The summed E-state index contributed by atoms with van der Waals surface area (Å²) in [6.45, 7) is 10.3. The highest BCUT2D eigenvalue weighted by atomic mass is 16.7. The average molecular weight is 909 g/mol. The normalized spacial score (nSPS) is 13.1. The van der Waals surface area contributed by atoms with Gasteiger partial charge in [0.2, 0.25) is 17.7 Å². The molecule has 18 heteroatoms. The molecule has 0 heterocycles. The van der Waals surface area contributed by atoms with E-state index in [1.807, 2.05) is 48.5 Å². The number of nitrogens with one attached hydrogen (secondary N) is 5. The van der Waals surface area contributed by atoms with E-state index < -0.39 is 70.6 Å². The van der Waals surface area contributed by atoms with Crippen molar-refractivity contribution >= 4 is 47.4 Å². The van der Waals surface area contributed by atoms with Crippen LogP contribution >= 0.6 is 0 Å². The minimum absolute atomic E-state index is 0.0216. The number of hydrogen-bond acceptors (Lipinski definition) is 12. The number of rotatable bonds is 19. The van der Waals surface area contributed by atoms with E-state index in [0.29, 0.717) is 24.1 Å². The molecule has 0 saturated heterocycles.